The van der Waals surface area contributed by atoms with Crippen LogP contribution in [-0.4, -0.2) is 88.4 Å². The molecule has 1 heterocycles. The lowest BCUT2D eigenvalue weighted by Gasteiger charge is -2.35. The summed E-state index contributed by atoms with van der Waals surface area (Å²) in [5.74, 6) is 2.30. The number of nitrogens with one attached hydrogen (secondary N) is 2. The van der Waals surface area contributed by atoms with E-state index in [-0.39, 0.29) is 0 Å². The molecule has 1 aromatic carbocycles. The van der Waals surface area contributed by atoms with Gasteiger partial charge in [-0.3, -0.25) is 0 Å². The van der Waals surface area contributed by atoms with Gasteiger partial charge in [0.25, 0.3) is 0 Å². The minimum atomic E-state index is 0.560. The highest BCUT2D eigenvalue weighted by atomic mass is 16.5. The molecule has 7 heteroatoms. The van der Waals surface area contributed by atoms with Crippen LogP contribution < -0.4 is 15.4 Å². The van der Waals surface area contributed by atoms with Crippen LogP contribution in [0.25, 0.3) is 0 Å². The lowest BCUT2D eigenvalue weighted by Crippen LogP contribution is -2.48. The number of methoxy groups -OCH3 is 1. The maximum absolute atomic E-state index is 5.44. The van der Waals surface area contributed by atoms with Gasteiger partial charge >= 0.3 is 0 Å². The molecule has 1 unspecified atom stereocenters. The molecule has 0 amide bonds. The molecular weight excluding hydrogens is 390 g/mol. The number of aliphatic imine (C=N–C) groups is 1. The van der Waals surface area contributed by atoms with Gasteiger partial charge < -0.3 is 29.9 Å². The molecule has 0 aliphatic carbocycles. The summed E-state index contributed by atoms with van der Waals surface area (Å²) in [4.78, 5) is 9.91. The molecule has 176 valence electrons. The van der Waals surface area contributed by atoms with Crippen LogP contribution in [0, 0.1) is 5.92 Å². The first-order chi connectivity index (χ1) is 15.1. The Kier molecular flexibility index (Phi) is 12.3. The molecule has 1 aromatic rings. The Morgan fingerprint density at radius 1 is 1.06 bits per heavy atom. The predicted octanol–water partition coefficient (Wildman–Crippen LogP) is 2.43. The minimum Gasteiger partial charge on any atom is -0.497 e. The van der Waals surface area contributed by atoms with Crippen LogP contribution in [0.1, 0.15) is 32.8 Å². The first-order valence-electron chi connectivity index (χ1n) is 11.8. The van der Waals surface area contributed by atoms with Crippen molar-refractivity contribution >= 4 is 5.96 Å². The smallest absolute Gasteiger partial charge is 0.191 e. The Hall–Kier alpha value is -1.83. The second-order valence-electron chi connectivity index (χ2n) is 8.21. The number of nitrogens with zero attached hydrogens (tertiary/aromatic N) is 3. The Morgan fingerprint density at radius 3 is 2.42 bits per heavy atom. The van der Waals surface area contributed by atoms with Crippen molar-refractivity contribution in [1.29, 1.82) is 0 Å². The normalized spacial score (nSPS) is 16.8. The lowest BCUT2D eigenvalue weighted by molar-refractivity contribution is 0.124. The fourth-order valence-corrected chi connectivity index (χ4v) is 3.67. The summed E-state index contributed by atoms with van der Waals surface area (Å²) >= 11 is 0. The van der Waals surface area contributed by atoms with Crippen molar-refractivity contribution in [3.8, 4) is 5.75 Å². The average Bonchev–Trinajstić information content (AvgIpc) is 2.81. The minimum absolute atomic E-state index is 0.560. The number of piperazine rings is 1. The standard InChI is InChI=1S/C24H43N5O2/c1-5-28-13-15-29(16-14-28)20-21(3)18-26-24(25-12-7-17-31-6-2)27-19-22-8-10-23(30-4)11-9-22/h8-11,21H,5-7,12-20H2,1-4H3,(H2,25,26,27). The molecule has 1 atom stereocenters. The molecule has 0 saturated carbocycles. The second kappa shape index (κ2) is 15.1. The van der Waals surface area contributed by atoms with Gasteiger partial charge in [-0.15, -0.1) is 0 Å². The van der Waals surface area contributed by atoms with Crippen molar-refractivity contribution in [2.24, 2.45) is 10.9 Å². The van der Waals surface area contributed by atoms with Gasteiger partial charge in [-0.25, -0.2) is 4.99 Å². The average molecular weight is 434 g/mol. The van der Waals surface area contributed by atoms with E-state index in [4.69, 9.17) is 14.5 Å². The highest BCUT2D eigenvalue weighted by Gasteiger charge is 2.17. The SMILES string of the molecule is CCOCCCNC(=NCc1ccc(OC)cc1)NCC(C)CN1CCN(CC)CC1. The maximum Gasteiger partial charge on any atom is 0.191 e. The van der Waals surface area contributed by atoms with Gasteiger partial charge in [0.1, 0.15) is 5.75 Å². The summed E-state index contributed by atoms with van der Waals surface area (Å²) in [6.07, 6.45) is 0.967. The van der Waals surface area contributed by atoms with Gasteiger partial charge in [0.15, 0.2) is 5.96 Å². The third-order valence-corrected chi connectivity index (χ3v) is 5.64. The monoisotopic (exact) mass is 433 g/mol. The molecule has 2 N–H and O–H groups in total. The Bertz CT molecular complexity index is 615. The fourth-order valence-electron chi connectivity index (χ4n) is 3.67. The highest BCUT2D eigenvalue weighted by Crippen LogP contribution is 2.12. The third-order valence-electron chi connectivity index (χ3n) is 5.64. The van der Waals surface area contributed by atoms with E-state index in [2.05, 4.69) is 46.4 Å². The first kappa shape index (κ1) is 25.4. The summed E-state index contributed by atoms with van der Waals surface area (Å²) in [7, 11) is 1.69. The van der Waals surface area contributed by atoms with E-state index in [1.54, 1.807) is 7.11 Å². The van der Waals surface area contributed by atoms with E-state index < -0.39 is 0 Å². The second-order valence-corrected chi connectivity index (χ2v) is 8.21. The molecule has 1 aliphatic heterocycles. The van der Waals surface area contributed by atoms with Gasteiger partial charge in [-0.1, -0.05) is 26.0 Å². The van der Waals surface area contributed by atoms with Crippen LogP contribution in [0.5, 0.6) is 5.75 Å². The van der Waals surface area contributed by atoms with Gasteiger partial charge in [0, 0.05) is 59.0 Å². The first-order valence-corrected chi connectivity index (χ1v) is 11.8. The molecule has 0 bridgehead atoms. The van der Waals surface area contributed by atoms with Gasteiger partial charge in [0.05, 0.1) is 13.7 Å². The number of hydrogen-bond donors (Lipinski definition) is 2. The summed E-state index contributed by atoms with van der Waals surface area (Å²) < 4.78 is 10.7. The maximum atomic E-state index is 5.44. The largest absolute Gasteiger partial charge is 0.497 e. The molecule has 7 nitrogen and oxygen atoms in total. The summed E-state index contributed by atoms with van der Waals surface area (Å²) in [5, 5.41) is 7.01. The molecule has 1 fully saturated rings. The zero-order chi connectivity index (χ0) is 22.3. The van der Waals surface area contributed by atoms with Crippen LogP contribution in [0.3, 0.4) is 0 Å². The van der Waals surface area contributed by atoms with E-state index in [1.807, 2.05) is 19.1 Å². The number of rotatable bonds is 13. The topological polar surface area (TPSA) is 61.4 Å². The number of likely N-dealkylation sites (N-methyl/N-ethyl adjacent to an activating group) is 1. The molecule has 1 aliphatic rings. The van der Waals surface area contributed by atoms with Gasteiger partial charge in [-0.05, 0) is 43.5 Å². The van der Waals surface area contributed by atoms with Gasteiger partial charge in [0.2, 0.25) is 0 Å². The van der Waals surface area contributed by atoms with Gasteiger partial charge in [-0.2, -0.15) is 0 Å². The third kappa shape index (κ3) is 10.4. The molecular formula is C24H43N5O2. The molecule has 0 spiro atoms. The summed E-state index contributed by atoms with van der Waals surface area (Å²) in [6.45, 7) is 17.5. The number of ether oxygens (including phenoxy) is 2. The Balaban J connectivity index is 1.81. The summed E-state index contributed by atoms with van der Waals surface area (Å²) in [6, 6.07) is 8.09. The molecule has 0 radical (unpaired) electrons. The van der Waals surface area contributed by atoms with E-state index in [9.17, 15) is 0 Å². The van der Waals surface area contributed by atoms with Crippen LogP contribution in [0.15, 0.2) is 29.3 Å². The van der Waals surface area contributed by atoms with E-state index >= 15 is 0 Å². The fraction of sp³-hybridized carbons (Fsp3) is 0.708. The van der Waals surface area contributed by atoms with Crippen molar-refractivity contribution in [2.45, 2.75) is 33.7 Å². The summed E-state index contributed by atoms with van der Waals surface area (Å²) in [5.41, 5.74) is 1.16. The molecule has 2 rings (SSSR count). The quantitative estimate of drug-likeness (QED) is 0.283. The Labute approximate surface area is 189 Å². The Morgan fingerprint density at radius 2 is 1.77 bits per heavy atom. The predicted molar refractivity (Wildman–Crippen MR) is 129 cm³/mol. The van der Waals surface area contributed by atoms with Crippen LogP contribution in [-0.2, 0) is 11.3 Å². The zero-order valence-corrected chi connectivity index (χ0v) is 20.0. The number of hydrogen-bond acceptors (Lipinski definition) is 5. The van der Waals surface area contributed by atoms with Crippen molar-refractivity contribution in [1.82, 2.24) is 20.4 Å². The zero-order valence-electron chi connectivity index (χ0n) is 20.0. The molecule has 0 aromatic heterocycles. The van der Waals surface area contributed by atoms with Crippen LogP contribution >= 0.6 is 0 Å². The van der Waals surface area contributed by atoms with Crippen molar-refractivity contribution < 1.29 is 9.47 Å². The molecule has 31 heavy (non-hydrogen) atoms. The number of benzene rings is 1. The number of guanidine groups is 1. The molecule has 1 saturated heterocycles. The van der Waals surface area contributed by atoms with Crippen LogP contribution in [0.4, 0.5) is 0 Å². The highest BCUT2D eigenvalue weighted by molar-refractivity contribution is 5.79. The van der Waals surface area contributed by atoms with E-state index in [0.29, 0.717) is 12.5 Å². The van der Waals surface area contributed by atoms with E-state index in [0.717, 1.165) is 63.1 Å². The van der Waals surface area contributed by atoms with Crippen molar-refractivity contribution in [2.75, 3.05) is 72.7 Å². The van der Waals surface area contributed by atoms with E-state index in [1.165, 1.54) is 26.2 Å². The van der Waals surface area contributed by atoms with Crippen molar-refractivity contribution in [3.05, 3.63) is 29.8 Å². The van der Waals surface area contributed by atoms with Crippen molar-refractivity contribution in [3.63, 3.8) is 0 Å². The lowest BCUT2D eigenvalue weighted by atomic mass is 10.1. The van der Waals surface area contributed by atoms with Crippen LogP contribution in [0.2, 0.25) is 0 Å².